The molecule has 0 fully saturated rings. The van der Waals surface area contributed by atoms with Crippen LogP contribution in [0.3, 0.4) is 0 Å². The smallest absolute Gasteiger partial charge is 0.122 e. The van der Waals surface area contributed by atoms with Crippen LogP contribution in [0.25, 0.3) is 0 Å². The Balaban J connectivity index is 2.46. The van der Waals surface area contributed by atoms with Crippen molar-refractivity contribution in [1.82, 2.24) is 5.43 Å². The first-order valence-corrected chi connectivity index (χ1v) is 7.51. The quantitative estimate of drug-likeness (QED) is 0.484. The standard InChI is InChI=1S/C16H19IN2O/c1-10-9-15(20-3)11(2)8-14(10)16(19-18)12-4-6-13(17)7-5-12/h4-9,16,19H,18H2,1-3H3. The Labute approximate surface area is 133 Å². The molecule has 0 amide bonds. The zero-order valence-electron chi connectivity index (χ0n) is 11.9. The minimum absolute atomic E-state index is 0.0170. The van der Waals surface area contributed by atoms with Gasteiger partial charge in [-0.1, -0.05) is 18.2 Å². The van der Waals surface area contributed by atoms with E-state index in [0.29, 0.717) is 0 Å². The molecule has 20 heavy (non-hydrogen) atoms. The van der Waals surface area contributed by atoms with Crippen LogP contribution >= 0.6 is 22.6 Å². The number of methoxy groups -OCH3 is 1. The first-order chi connectivity index (χ1) is 9.56. The molecule has 3 N–H and O–H groups in total. The molecule has 2 rings (SSSR count). The number of ether oxygens (including phenoxy) is 1. The number of hydrazine groups is 1. The van der Waals surface area contributed by atoms with Crippen molar-refractivity contribution in [3.63, 3.8) is 0 Å². The molecule has 4 heteroatoms. The Morgan fingerprint density at radius 2 is 1.75 bits per heavy atom. The van der Waals surface area contributed by atoms with Gasteiger partial charge in [-0.05, 0) is 76.9 Å². The molecule has 2 aromatic rings. The second-order valence-electron chi connectivity index (χ2n) is 4.83. The predicted molar refractivity (Wildman–Crippen MR) is 90.8 cm³/mol. The van der Waals surface area contributed by atoms with Crippen LogP contribution in [0, 0.1) is 17.4 Å². The molecule has 0 saturated heterocycles. The molecule has 2 aromatic carbocycles. The monoisotopic (exact) mass is 382 g/mol. The summed E-state index contributed by atoms with van der Waals surface area (Å²) in [5.74, 6) is 6.69. The lowest BCUT2D eigenvalue weighted by Gasteiger charge is -2.21. The van der Waals surface area contributed by atoms with Crippen molar-refractivity contribution in [1.29, 1.82) is 0 Å². The summed E-state index contributed by atoms with van der Waals surface area (Å²) in [5.41, 5.74) is 7.51. The van der Waals surface area contributed by atoms with Gasteiger partial charge in [-0.15, -0.1) is 0 Å². The van der Waals surface area contributed by atoms with Crippen molar-refractivity contribution in [2.75, 3.05) is 7.11 Å². The van der Waals surface area contributed by atoms with Gasteiger partial charge in [-0.2, -0.15) is 0 Å². The number of nitrogens with one attached hydrogen (secondary N) is 1. The van der Waals surface area contributed by atoms with E-state index < -0.39 is 0 Å². The number of hydrogen-bond donors (Lipinski definition) is 2. The van der Waals surface area contributed by atoms with Crippen LogP contribution in [-0.4, -0.2) is 7.11 Å². The van der Waals surface area contributed by atoms with Gasteiger partial charge in [0.1, 0.15) is 5.75 Å². The normalized spacial score (nSPS) is 12.2. The van der Waals surface area contributed by atoms with Gasteiger partial charge in [0, 0.05) is 3.57 Å². The maximum atomic E-state index is 5.78. The van der Waals surface area contributed by atoms with Crippen LogP contribution in [0.5, 0.6) is 5.75 Å². The number of aryl methyl sites for hydroxylation is 2. The zero-order valence-corrected chi connectivity index (χ0v) is 14.1. The second-order valence-corrected chi connectivity index (χ2v) is 6.08. The number of rotatable bonds is 4. The predicted octanol–water partition coefficient (Wildman–Crippen LogP) is 3.47. The minimum atomic E-state index is -0.0170. The van der Waals surface area contributed by atoms with Gasteiger partial charge in [0.05, 0.1) is 13.2 Å². The maximum Gasteiger partial charge on any atom is 0.122 e. The molecule has 3 nitrogen and oxygen atoms in total. The van der Waals surface area contributed by atoms with Gasteiger partial charge < -0.3 is 4.74 Å². The fraction of sp³-hybridized carbons (Fsp3) is 0.250. The lowest BCUT2D eigenvalue weighted by Crippen LogP contribution is -2.29. The van der Waals surface area contributed by atoms with E-state index in [2.05, 4.69) is 71.3 Å². The third-order valence-corrected chi connectivity index (χ3v) is 4.18. The van der Waals surface area contributed by atoms with Gasteiger partial charge in [0.25, 0.3) is 0 Å². The van der Waals surface area contributed by atoms with E-state index in [4.69, 9.17) is 10.6 Å². The lowest BCUT2D eigenvalue weighted by molar-refractivity contribution is 0.411. The van der Waals surface area contributed by atoms with Crippen molar-refractivity contribution in [2.24, 2.45) is 5.84 Å². The van der Waals surface area contributed by atoms with Crippen LogP contribution in [0.4, 0.5) is 0 Å². The number of nitrogens with two attached hydrogens (primary N) is 1. The van der Waals surface area contributed by atoms with Crippen molar-refractivity contribution < 1.29 is 4.74 Å². The molecule has 0 aliphatic heterocycles. The second kappa shape index (κ2) is 6.56. The van der Waals surface area contributed by atoms with Crippen LogP contribution < -0.4 is 16.0 Å². The Bertz CT molecular complexity index is 596. The van der Waals surface area contributed by atoms with Crippen molar-refractivity contribution in [3.05, 3.63) is 62.2 Å². The van der Waals surface area contributed by atoms with Crippen molar-refractivity contribution in [3.8, 4) is 5.75 Å². The minimum Gasteiger partial charge on any atom is -0.496 e. The number of hydrogen-bond acceptors (Lipinski definition) is 3. The maximum absolute atomic E-state index is 5.78. The Morgan fingerprint density at radius 3 is 2.30 bits per heavy atom. The first-order valence-electron chi connectivity index (χ1n) is 6.43. The molecule has 0 spiro atoms. The first kappa shape index (κ1) is 15.3. The molecule has 0 aromatic heterocycles. The number of halogens is 1. The van der Waals surface area contributed by atoms with Crippen LogP contribution in [0.15, 0.2) is 36.4 Å². The Morgan fingerprint density at radius 1 is 1.10 bits per heavy atom. The molecule has 0 heterocycles. The lowest BCUT2D eigenvalue weighted by atomic mass is 9.93. The summed E-state index contributed by atoms with van der Waals surface area (Å²) in [6, 6.07) is 12.6. The van der Waals surface area contributed by atoms with Crippen LogP contribution in [-0.2, 0) is 0 Å². The van der Waals surface area contributed by atoms with Crippen molar-refractivity contribution >= 4 is 22.6 Å². The summed E-state index contributed by atoms with van der Waals surface area (Å²) in [4.78, 5) is 0. The molecule has 0 aliphatic rings. The Kier molecular flexibility index (Phi) is 5.01. The molecular weight excluding hydrogens is 363 g/mol. The highest BCUT2D eigenvalue weighted by molar-refractivity contribution is 14.1. The highest BCUT2D eigenvalue weighted by atomic mass is 127. The summed E-state index contributed by atoms with van der Waals surface area (Å²) in [6.45, 7) is 4.12. The summed E-state index contributed by atoms with van der Waals surface area (Å²) in [7, 11) is 1.69. The summed E-state index contributed by atoms with van der Waals surface area (Å²) >= 11 is 2.30. The molecule has 0 saturated carbocycles. The van der Waals surface area contributed by atoms with Crippen LogP contribution in [0.1, 0.15) is 28.3 Å². The van der Waals surface area contributed by atoms with Gasteiger partial charge in [-0.3, -0.25) is 5.84 Å². The van der Waals surface area contributed by atoms with E-state index in [1.54, 1.807) is 7.11 Å². The van der Waals surface area contributed by atoms with E-state index >= 15 is 0 Å². The van der Waals surface area contributed by atoms with Crippen molar-refractivity contribution in [2.45, 2.75) is 19.9 Å². The molecule has 1 atom stereocenters. The van der Waals surface area contributed by atoms with E-state index in [9.17, 15) is 0 Å². The average molecular weight is 382 g/mol. The fourth-order valence-corrected chi connectivity index (χ4v) is 2.72. The summed E-state index contributed by atoms with van der Waals surface area (Å²) in [5, 5.41) is 0. The van der Waals surface area contributed by atoms with E-state index in [0.717, 1.165) is 22.4 Å². The highest BCUT2D eigenvalue weighted by Crippen LogP contribution is 2.30. The molecular formula is C16H19IN2O. The van der Waals surface area contributed by atoms with Gasteiger partial charge >= 0.3 is 0 Å². The van der Waals surface area contributed by atoms with Gasteiger partial charge in [0.2, 0.25) is 0 Å². The Hall–Kier alpha value is -1.11. The van der Waals surface area contributed by atoms with E-state index in [1.165, 1.54) is 9.13 Å². The summed E-state index contributed by atoms with van der Waals surface area (Å²) in [6.07, 6.45) is 0. The molecule has 0 radical (unpaired) electrons. The van der Waals surface area contributed by atoms with E-state index in [1.807, 2.05) is 6.92 Å². The topological polar surface area (TPSA) is 47.3 Å². The SMILES string of the molecule is COc1cc(C)c(C(NN)c2ccc(I)cc2)cc1C. The fourth-order valence-electron chi connectivity index (χ4n) is 2.36. The molecule has 1 unspecified atom stereocenters. The van der Waals surface area contributed by atoms with E-state index in [-0.39, 0.29) is 6.04 Å². The molecule has 0 aliphatic carbocycles. The molecule has 106 valence electrons. The molecule has 0 bridgehead atoms. The highest BCUT2D eigenvalue weighted by Gasteiger charge is 2.16. The van der Waals surface area contributed by atoms with Gasteiger partial charge in [0.15, 0.2) is 0 Å². The zero-order chi connectivity index (χ0) is 14.7. The third-order valence-electron chi connectivity index (χ3n) is 3.46. The summed E-state index contributed by atoms with van der Waals surface area (Å²) < 4.78 is 6.58. The van der Waals surface area contributed by atoms with Gasteiger partial charge in [-0.25, -0.2) is 5.43 Å². The van der Waals surface area contributed by atoms with Crippen LogP contribution in [0.2, 0.25) is 0 Å². The largest absolute Gasteiger partial charge is 0.496 e. The third kappa shape index (κ3) is 3.13. The average Bonchev–Trinajstić information content (AvgIpc) is 2.45. The number of benzene rings is 2.